The Hall–Kier alpha value is -0.570. The van der Waals surface area contributed by atoms with Crippen LogP contribution in [0.25, 0.3) is 0 Å². The van der Waals surface area contributed by atoms with E-state index in [1.54, 1.807) is 0 Å². The Labute approximate surface area is 104 Å². The van der Waals surface area contributed by atoms with Crippen LogP contribution < -0.4 is 0 Å². The molecule has 1 saturated carbocycles. The maximum absolute atomic E-state index is 10.3. The highest BCUT2D eigenvalue weighted by molar-refractivity contribution is 5.67. The fourth-order valence-corrected chi connectivity index (χ4v) is 2.77. The molecule has 1 atom stereocenters. The number of hydrogen-bond acceptors (Lipinski definition) is 2. The minimum Gasteiger partial charge on any atom is -0.481 e. The predicted molar refractivity (Wildman–Crippen MR) is 67.9 cm³/mol. The monoisotopic (exact) mass is 242 g/mol. The number of aliphatic carboxylic acids is 1. The first-order valence-corrected chi connectivity index (χ1v) is 7.08. The first kappa shape index (κ1) is 14.5. The van der Waals surface area contributed by atoms with E-state index in [9.17, 15) is 9.90 Å². The molecule has 3 nitrogen and oxygen atoms in total. The molecule has 3 heteroatoms. The molecule has 1 fully saturated rings. The molecule has 0 bridgehead atoms. The van der Waals surface area contributed by atoms with Crippen LogP contribution in [0.4, 0.5) is 0 Å². The molecule has 1 rings (SSSR count). The van der Waals surface area contributed by atoms with Gasteiger partial charge in [0.2, 0.25) is 0 Å². The largest absolute Gasteiger partial charge is 0.481 e. The third kappa shape index (κ3) is 7.37. The lowest BCUT2D eigenvalue weighted by atomic mass is 9.85. The van der Waals surface area contributed by atoms with Crippen molar-refractivity contribution in [3.05, 3.63) is 0 Å². The maximum atomic E-state index is 10.3. The molecule has 0 radical (unpaired) electrons. The molecule has 0 heterocycles. The average Bonchev–Trinajstić information content (AvgIpc) is 2.29. The molecule has 0 spiro atoms. The van der Waals surface area contributed by atoms with Gasteiger partial charge in [0.25, 0.3) is 0 Å². The van der Waals surface area contributed by atoms with E-state index in [4.69, 9.17) is 5.11 Å². The van der Waals surface area contributed by atoms with Gasteiger partial charge in [-0.1, -0.05) is 57.8 Å². The summed E-state index contributed by atoms with van der Waals surface area (Å²) in [7, 11) is 0. The quantitative estimate of drug-likeness (QED) is 0.642. The van der Waals surface area contributed by atoms with E-state index in [-0.39, 0.29) is 6.42 Å². The summed E-state index contributed by atoms with van der Waals surface area (Å²) < 4.78 is 0. The summed E-state index contributed by atoms with van der Waals surface area (Å²) in [4.78, 5) is 10.3. The molecule has 1 unspecified atom stereocenters. The number of hydrogen-bond donors (Lipinski definition) is 2. The van der Waals surface area contributed by atoms with E-state index < -0.39 is 12.1 Å². The summed E-state index contributed by atoms with van der Waals surface area (Å²) >= 11 is 0. The van der Waals surface area contributed by atoms with E-state index >= 15 is 0 Å². The summed E-state index contributed by atoms with van der Waals surface area (Å²) in [5.74, 6) is 0.0346. The van der Waals surface area contributed by atoms with Gasteiger partial charge in [-0.05, 0) is 12.3 Å². The summed E-state index contributed by atoms with van der Waals surface area (Å²) in [6.07, 6.45) is 11.6. The second-order valence-corrected chi connectivity index (χ2v) is 5.39. The predicted octanol–water partition coefficient (Wildman–Crippen LogP) is 3.35. The number of carboxylic acid groups (broad SMARTS) is 1. The van der Waals surface area contributed by atoms with Gasteiger partial charge in [-0.3, -0.25) is 4.79 Å². The SMILES string of the molecule is O=C(O)CC(O)CCCCCC1CCCCC1. The van der Waals surface area contributed by atoms with Crippen molar-refractivity contribution >= 4 is 5.97 Å². The molecule has 17 heavy (non-hydrogen) atoms. The van der Waals surface area contributed by atoms with Crippen LogP contribution in [0.1, 0.15) is 70.6 Å². The second-order valence-electron chi connectivity index (χ2n) is 5.39. The summed E-state index contributed by atoms with van der Waals surface area (Å²) in [5, 5.41) is 17.9. The molecule has 0 aliphatic heterocycles. The van der Waals surface area contributed by atoms with Crippen molar-refractivity contribution in [1.29, 1.82) is 0 Å². The van der Waals surface area contributed by atoms with E-state index in [2.05, 4.69) is 0 Å². The van der Waals surface area contributed by atoms with Gasteiger partial charge in [0, 0.05) is 0 Å². The zero-order valence-electron chi connectivity index (χ0n) is 10.7. The Bertz CT molecular complexity index is 210. The van der Waals surface area contributed by atoms with Crippen LogP contribution in [0.2, 0.25) is 0 Å². The van der Waals surface area contributed by atoms with Crippen LogP contribution in [0.5, 0.6) is 0 Å². The fourth-order valence-electron chi connectivity index (χ4n) is 2.77. The van der Waals surface area contributed by atoms with Gasteiger partial charge in [-0.2, -0.15) is 0 Å². The Morgan fingerprint density at radius 3 is 2.47 bits per heavy atom. The maximum Gasteiger partial charge on any atom is 0.305 e. The zero-order chi connectivity index (χ0) is 12.5. The number of aliphatic hydroxyl groups is 1. The summed E-state index contributed by atoms with van der Waals surface area (Å²) in [6, 6.07) is 0. The number of unbranched alkanes of at least 4 members (excludes halogenated alkanes) is 2. The molecule has 100 valence electrons. The van der Waals surface area contributed by atoms with Crippen LogP contribution in [0.3, 0.4) is 0 Å². The van der Waals surface area contributed by atoms with E-state index in [1.165, 1.54) is 44.9 Å². The van der Waals surface area contributed by atoms with Gasteiger partial charge in [-0.15, -0.1) is 0 Å². The molecular formula is C14H26O3. The van der Waals surface area contributed by atoms with Crippen molar-refractivity contribution in [1.82, 2.24) is 0 Å². The van der Waals surface area contributed by atoms with Gasteiger partial charge in [0.05, 0.1) is 12.5 Å². The molecule has 1 aliphatic rings. The van der Waals surface area contributed by atoms with Crippen molar-refractivity contribution in [2.45, 2.75) is 76.7 Å². The lowest BCUT2D eigenvalue weighted by molar-refractivity contribution is -0.139. The Kier molecular flexibility index (Phi) is 7.25. The molecule has 0 saturated heterocycles. The van der Waals surface area contributed by atoms with Crippen molar-refractivity contribution in [2.75, 3.05) is 0 Å². The van der Waals surface area contributed by atoms with Crippen LogP contribution in [-0.4, -0.2) is 22.3 Å². The Balaban J connectivity index is 1.91. The molecule has 1 aliphatic carbocycles. The zero-order valence-corrected chi connectivity index (χ0v) is 10.7. The molecule has 0 aromatic carbocycles. The van der Waals surface area contributed by atoms with E-state index in [0.717, 1.165) is 18.8 Å². The van der Waals surface area contributed by atoms with Crippen LogP contribution in [0, 0.1) is 5.92 Å². The van der Waals surface area contributed by atoms with E-state index in [0.29, 0.717) is 6.42 Å². The van der Waals surface area contributed by atoms with E-state index in [1.807, 2.05) is 0 Å². The Morgan fingerprint density at radius 1 is 1.12 bits per heavy atom. The van der Waals surface area contributed by atoms with Gasteiger partial charge in [0.15, 0.2) is 0 Å². The van der Waals surface area contributed by atoms with Crippen LogP contribution in [-0.2, 0) is 4.79 Å². The highest BCUT2D eigenvalue weighted by atomic mass is 16.4. The number of aliphatic hydroxyl groups excluding tert-OH is 1. The van der Waals surface area contributed by atoms with Crippen LogP contribution >= 0.6 is 0 Å². The fraction of sp³-hybridized carbons (Fsp3) is 0.929. The van der Waals surface area contributed by atoms with Crippen molar-refractivity contribution in [3.63, 3.8) is 0 Å². The first-order chi connectivity index (χ1) is 8.18. The lowest BCUT2D eigenvalue weighted by Gasteiger charge is -2.21. The van der Waals surface area contributed by atoms with Crippen molar-refractivity contribution in [3.8, 4) is 0 Å². The van der Waals surface area contributed by atoms with Gasteiger partial charge < -0.3 is 10.2 Å². The third-order valence-electron chi connectivity index (χ3n) is 3.78. The highest BCUT2D eigenvalue weighted by Gasteiger charge is 2.13. The first-order valence-electron chi connectivity index (χ1n) is 7.08. The Morgan fingerprint density at radius 2 is 1.82 bits per heavy atom. The van der Waals surface area contributed by atoms with Gasteiger partial charge in [-0.25, -0.2) is 0 Å². The minimum absolute atomic E-state index is 0.109. The topological polar surface area (TPSA) is 57.5 Å². The molecule has 0 amide bonds. The van der Waals surface area contributed by atoms with Crippen LogP contribution in [0.15, 0.2) is 0 Å². The van der Waals surface area contributed by atoms with Gasteiger partial charge >= 0.3 is 5.97 Å². The molecule has 2 N–H and O–H groups in total. The van der Waals surface area contributed by atoms with Crippen molar-refractivity contribution in [2.24, 2.45) is 5.92 Å². The lowest BCUT2D eigenvalue weighted by Crippen LogP contribution is -2.12. The third-order valence-corrected chi connectivity index (χ3v) is 3.78. The minimum atomic E-state index is -0.903. The summed E-state index contributed by atoms with van der Waals surface area (Å²) in [5.41, 5.74) is 0. The summed E-state index contributed by atoms with van der Waals surface area (Å²) in [6.45, 7) is 0. The molecule has 0 aromatic heterocycles. The van der Waals surface area contributed by atoms with Gasteiger partial charge in [0.1, 0.15) is 0 Å². The van der Waals surface area contributed by atoms with Crippen molar-refractivity contribution < 1.29 is 15.0 Å². The normalized spacial score (nSPS) is 19.1. The second kappa shape index (κ2) is 8.51. The highest BCUT2D eigenvalue weighted by Crippen LogP contribution is 2.28. The number of rotatable bonds is 8. The smallest absolute Gasteiger partial charge is 0.305 e. The standard InChI is InChI=1S/C14H26O3/c15-13(11-14(16)17)10-6-2-5-9-12-7-3-1-4-8-12/h12-13,15H,1-11H2,(H,16,17). The molecule has 0 aromatic rings. The molecular weight excluding hydrogens is 216 g/mol. The number of carboxylic acids is 1. The average molecular weight is 242 g/mol. The number of carbonyl (C=O) groups is 1.